The molecule has 0 saturated carbocycles. The van der Waals surface area contributed by atoms with Gasteiger partial charge in [-0.25, -0.2) is 5.43 Å². The van der Waals surface area contributed by atoms with Crippen LogP contribution in [0.4, 0.5) is 0 Å². The molecule has 2 aromatic rings. The van der Waals surface area contributed by atoms with Crippen molar-refractivity contribution < 1.29 is 19.4 Å². The number of rotatable bonds is 8. The molecule has 0 aliphatic rings. The van der Waals surface area contributed by atoms with E-state index in [2.05, 4.69) is 10.5 Å². The molecule has 0 heterocycles. The van der Waals surface area contributed by atoms with Gasteiger partial charge in [-0.2, -0.15) is 5.10 Å². The molecular weight excluding hydrogens is 447 g/mol. The number of phenols is 1. The molecule has 0 spiro atoms. The summed E-state index contributed by atoms with van der Waals surface area (Å²) in [7, 11) is 0. The highest BCUT2D eigenvalue weighted by Gasteiger charge is 2.08. The minimum atomic E-state index is -0.318. The summed E-state index contributed by atoms with van der Waals surface area (Å²) in [6.45, 7) is 4.96. The van der Waals surface area contributed by atoms with Gasteiger partial charge >= 0.3 is 0 Å². The van der Waals surface area contributed by atoms with Crippen molar-refractivity contribution in [2.75, 3.05) is 13.2 Å². The third-order valence-corrected chi connectivity index (χ3v) is 4.14. The van der Waals surface area contributed by atoms with E-state index in [1.807, 2.05) is 36.4 Å². The van der Waals surface area contributed by atoms with E-state index in [1.165, 1.54) is 6.21 Å². The molecule has 2 aromatic carbocycles. The minimum Gasteiger partial charge on any atom is -0.504 e. The van der Waals surface area contributed by atoms with Crippen molar-refractivity contribution in [3.05, 3.63) is 51.1 Å². The highest BCUT2D eigenvalue weighted by Crippen LogP contribution is 2.32. The molecule has 0 radical (unpaired) electrons. The maximum absolute atomic E-state index is 12.1. The lowest BCUT2D eigenvalue weighted by atomic mass is 10.2. The number of carbonyl (C=O) groups is 1. The molecule has 0 atom stereocenters. The van der Waals surface area contributed by atoms with Crippen LogP contribution in [0.15, 0.2) is 41.5 Å². The number of aromatic hydroxyl groups is 1. The number of nitrogens with zero attached hydrogens (tertiary/aromatic N) is 1. The molecule has 0 fully saturated rings. The monoisotopic (exact) mass is 468 g/mol. The van der Waals surface area contributed by atoms with Crippen molar-refractivity contribution in [1.29, 1.82) is 0 Å². The first-order valence-corrected chi connectivity index (χ1v) is 9.34. The number of nitrogens with one attached hydrogen (secondary N) is 1. The van der Waals surface area contributed by atoms with Crippen LogP contribution in [0.2, 0.25) is 0 Å². The Morgan fingerprint density at radius 3 is 2.62 bits per heavy atom. The predicted octanol–water partition coefficient (Wildman–Crippen LogP) is 3.95. The van der Waals surface area contributed by atoms with E-state index >= 15 is 0 Å². The Morgan fingerprint density at radius 1 is 1.23 bits per heavy atom. The first-order valence-electron chi connectivity index (χ1n) is 8.26. The van der Waals surface area contributed by atoms with Crippen LogP contribution in [0, 0.1) is 3.57 Å². The fourth-order valence-electron chi connectivity index (χ4n) is 2.09. The molecule has 0 bridgehead atoms. The normalized spacial score (nSPS) is 10.7. The molecule has 26 heavy (non-hydrogen) atoms. The van der Waals surface area contributed by atoms with E-state index in [0.717, 1.165) is 12.2 Å². The van der Waals surface area contributed by atoms with Crippen molar-refractivity contribution in [2.24, 2.45) is 5.10 Å². The van der Waals surface area contributed by atoms with Gasteiger partial charge in [-0.05, 0) is 77.9 Å². The van der Waals surface area contributed by atoms with Crippen molar-refractivity contribution in [3.8, 4) is 17.2 Å². The maximum Gasteiger partial charge on any atom is 0.271 e. The fraction of sp³-hybridized carbons (Fsp3) is 0.263. The van der Waals surface area contributed by atoms with Crippen LogP contribution in [0.1, 0.15) is 36.2 Å². The average molecular weight is 468 g/mol. The summed E-state index contributed by atoms with van der Waals surface area (Å²) in [5.74, 6) is 0.893. The Kier molecular flexibility index (Phi) is 7.71. The summed E-state index contributed by atoms with van der Waals surface area (Å²) >= 11 is 2.01. The lowest BCUT2D eigenvalue weighted by molar-refractivity contribution is 0.0955. The third kappa shape index (κ3) is 5.62. The topological polar surface area (TPSA) is 80.2 Å². The van der Waals surface area contributed by atoms with Gasteiger partial charge in [0.25, 0.3) is 5.91 Å². The van der Waals surface area contributed by atoms with Crippen molar-refractivity contribution in [3.63, 3.8) is 0 Å². The predicted molar refractivity (Wildman–Crippen MR) is 109 cm³/mol. The first-order chi connectivity index (χ1) is 12.5. The van der Waals surface area contributed by atoms with Gasteiger partial charge in [0.15, 0.2) is 11.5 Å². The van der Waals surface area contributed by atoms with E-state index < -0.39 is 0 Å². The Balaban J connectivity index is 2.00. The highest BCUT2D eigenvalue weighted by atomic mass is 127. The number of phenolic OH excluding ortho intramolecular Hbond substituents is 1. The number of hydrazone groups is 1. The first kappa shape index (κ1) is 20.0. The van der Waals surface area contributed by atoms with Crippen LogP contribution in [0.3, 0.4) is 0 Å². The second-order valence-electron chi connectivity index (χ2n) is 5.35. The lowest BCUT2D eigenvalue weighted by Crippen LogP contribution is -2.17. The lowest BCUT2D eigenvalue weighted by Gasteiger charge is -2.08. The van der Waals surface area contributed by atoms with Crippen LogP contribution in [0.25, 0.3) is 0 Å². The molecule has 138 valence electrons. The second kappa shape index (κ2) is 10.0. The molecule has 1 amide bonds. The molecule has 0 saturated heterocycles. The summed E-state index contributed by atoms with van der Waals surface area (Å²) in [6.07, 6.45) is 2.43. The number of carbonyl (C=O) groups excluding carboxylic acids is 1. The van der Waals surface area contributed by atoms with Crippen LogP contribution in [-0.4, -0.2) is 30.4 Å². The Bertz CT molecular complexity index is 776. The fourth-order valence-corrected chi connectivity index (χ4v) is 2.71. The number of ether oxygens (including phenoxy) is 2. The van der Waals surface area contributed by atoms with E-state index in [9.17, 15) is 9.90 Å². The van der Waals surface area contributed by atoms with E-state index in [4.69, 9.17) is 9.47 Å². The molecule has 2 rings (SSSR count). The van der Waals surface area contributed by atoms with Gasteiger partial charge < -0.3 is 14.6 Å². The molecule has 0 aliphatic heterocycles. The largest absolute Gasteiger partial charge is 0.504 e. The van der Waals surface area contributed by atoms with Crippen molar-refractivity contribution in [1.82, 2.24) is 5.43 Å². The number of halogens is 1. The van der Waals surface area contributed by atoms with Crippen molar-refractivity contribution in [2.45, 2.75) is 20.3 Å². The quantitative estimate of drug-likeness (QED) is 0.350. The van der Waals surface area contributed by atoms with Gasteiger partial charge in [0.05, 0.1) is 23.0 Å². The summed E-state index contributed by atoms with van der Waals surface area (Å²) in [5.41, 5.74) is 3.67. The number of hydrogen-bond donors (Lipinski definition) is 2. The molecule has 7 heteroatoms. The van der Waals surface area contributed by atoms with Gasteiger partial charge in [0, 0.05) is 5.56 Å². The summed E-state index contributed by atoms with van der Waals surface area (Å²) < 4.78 is 11.5. The molecule has 0 aliphatic carbocycles. The van der Waals surface area contributed by atoms with Gasteiger partial charge in [0.2, 0.25) is 0 Å². The molecular formula is C19H21IN2O4. The Morgan fingerprint density at radius 2 is 1.96 bits per heavy atom. The Labute approximate surface area is 166 Å². The summed E-state index contributed by atoms with van der Waals surface area (Å²) in [5, 5.41) is 13.9. The summed E-state index contributed by atoms with van der Waals surface area (Å²) in [4.78, 5) is 12.1. The van der Waals surface area contributed by atoms with Crippen LogP contribution in [-0.2, 0) is 0 Å². The third-order valence-electron chi connectivity index (χ3n) is 3.32. The Hall–Kier alpha value is -2.29. The van der Waals surface area contributed by atoms with Gasteiger partial charge in [-0.1, -0.05) is 6.92 Å². The number of amides is 1. The zero-order valence-corrected chi connectivity index (χ0v) is 16.8. The van der Waals surface area contributed by atoms with Crippen molar-refractivity contribution >= 4 is 34.7 Å². The molecule has 2 N–H and O–H groups in total. The van der Waals surface area contributed by atoms with Gasteiger partial charge in [-0.3, -0.25) is 4.79 Å². The number of hydrogen-bond acceptors (Lipinski definition) is 5. The molecule has 0 aromatic heterocycles. The highest BCUT2D eigenvalue weighted by molar-refractivity contribution is 14.1. The summed E-state index contributed by atoms with van der Waals surface area (Å²) in [6, 6.07) is 10.3. The van der Waals surface area contributed by atoms with Gasteiger partial charge in [-0.15, -0.1) is 0 Å². The standard InChI is InChI=1S/C19H21IN2O4/c1-3-9-26-15-7-5-14(6-8-15)19(24)22-21-12-13-10-16(20)18(23)17(11-13)25-4-2/h5-8,10-12,23H,3-4,9H2,1-2H3,(H,22,24)/b21-12+. The zero-order chi connectivity index (χ0) is 18.9. The number of benzene rings is 2. The molecule has 6 nitrogen and oxygen atoms in total. The maximum atomic E-state index is 12.1. The zero-order valence-electron chi connectivity index (χ0n) is 14.7. The van der Waals surface area contributed by atoms with E-state index in [-0.39, 0.29) is 11.7 Å². The molecule has 0 unspecified atom stereocenters. The minimum absolute atomic E-state index is 0.0963. The SMILES string of the molecule is CCCOc1ccc(C(=O)N/N=C/c2cc(I)c(O)c(OCC)c2)cc1. The van der Waals surface area contributed by atoms with E-state index in [1.54, 1.807) is 36.4 Å². The van der Waals surface area contributed by atoms with Crippen LogP contribution in [0.5, 0.6) is 17.2 Å². The van der Waals surface area contributed by atoms with Crippen LogP contribution >= 0.6 is 22.6 Å². The van der Waals surface area contributed by atoms with Crippen LogP contribution < -0.4 is 14.9 Å². The van der Waals surface area contributed by atoms with E-state index in [0.29, 0.717) is 33.7 Å². The smallest absolute Gasteiger partial charge is 0.271 e. The second-order valence-corrected chi connectivity index (χ2v) is 6.52. The van der Waals surface area contributed by atoms with Gasteiger partial charge in [0.1, 0.15) is 5.75 Å². The average Bonchev–Trinajstić information content (AvgIpc) is 2.64.